The molecule has 224 valence electrons. The summed E-state index contributed by atoms with van der Waals surface area (Å²) in [5, 5.41) is 0. The maximum Gasteiger partial charge on any atom is 0.323 e. The van der Waals surface area contributed by atoms with E-state index >= 15 is 0 Å². The number of carbonyl (C=O) groups is 2. The lowest BCUT2D eigenvalue weighted by molar-refractivity contribution is -0.174. The van der Waals surface area contributed by atoms with Gasteiger partial charge in [-0.2, -0.15) is 0 Å². The minimum absolute atomic E-state index is 0.385. The molecule has 0 saturated carbocycles. The number of unbranched alkanes of at least 4 members (excludes halogenated alkanes) is 13. The van der Waals surface area contributed by atoms with E-state index in [1.807, 2.05) is 25.1 Å². The van der Waals surface area contributed by atoms with Gasteiger partial charge < -0.3 is 14.2 Å². The van der Waals surface area contributed by atoms with E-state index in [0.29, 0.717) is 39.3 Å². The molecule has 0 N–H and O–H groups in total. The molecule has 5 heteroatoms. The van der Waals surface area contributed by atoms with Crippen LogP contribution in [0.15, 0.2) is 30.3 Å². The van der Waals surface area contributed by atoms with Crippen LogP contribution in [0, 0.1) is 5.41 Å². The zero-order valence-electron chi connectivity index (χ0n) is 25.5. The third kappa shape index (κ3) is 16.1. The molecule has 0 radical (unpaired) electrons. The van der Waals surface area contributed by atoms with Gasteiger partial charge in [0.05, 0.1) is 19.8 Å². The molecule has 0 heterocycles. The molecule has 0 aliphatic heterocycles. The van der Waals surface area contributed by atoms with E-state index in [1.165, 1.54) is 56.9 Å². The monoisotopic (exact) mass is 546 g/mol. The largest absolute Gasteiger partial charge is 0.465 e. The number of carbonyl (C=O) groups excluding carboxylic acids is 2. The highest BCUT2D eigenvalue weighted by molar-refractivity contribution is 6.00. The molecular weight excluding hydrogens is 488 g/mol. The van der Waals surface area contributed by atoms with E-state index in [4.69, 9.17) is 14.2 Å². The van der Waals surface area contributed by atoms with Crippen molar-refractivity contribution in [1.82, 2.24) is 0 Å². The highest BCUT2D eigenvalue weighted by Crippen LogP contribution is 2.33. The van der Waals surface area contributed by atoms with Gasteiger partial charge in [-0.1, -0.05) is 135 Å². The summed E-state index contributed by atoms with van der Waals surface area (Å²) >= 11 is 0. The van der Waals surface area contributed by atoms with Crippen LogP contribution in [0.25, 0.3) is 0 Å². The minimum Gasteiger partial charge on any atom is -0.465 e. The Kier molecular flexibility index (Phi) is 21.6. The van der Waals surface area contributed by atoms with Gasteiger partial charge in [0.25, 0.3) is 0 Å². The fourth-order valence-electron chi connectivity index (χ4n) is 4.87. The second-order valence-corrected chi connectivity index (χ2v) is 10.9. The van der Waals surface area contributed by atoms with E-state index in [-0.39, 0.29) is 0 Å². The summed E-state index contributed by atoms with van der Waals surface area (Å²) in [5.74, 6) is -0.782. The lowest BCUT2D eigenvalue weighted by atomic mass is 9.80. The van der Waals surface area contributed by atoms with Crippen molar-refractivity contribution in [2.75, 3.05) is 19.8 Å². The Morgan fingerprint density at radius 1 is 0.590 bits per heavy atom. The van der Waals surface area contributed by atoms with Crippen LogP contribution < -0.4 is 0 Å². The summed E-state index contributed by atoms with van der Waals surface area (Å²) in [5.41, 5.74) is -0.00186. The fraction of sp³-hybridized carbons (Fsp3) is 0.765. The smallest absolute Gasteiger partial charge is 0.323 e. The first-order valence-electron chi connectivity index (χ1n) is 16.1. The standard InChI is InChI=1S/C34H58O5/c1-4-7-9-11-14-22-28-38-32(35)34(6-3,33(36)39-29-23-15-12-10-8-5-2)26-20-13-16-21-27-37-30-31-24-18-17-19-25-31/h17-19,24-25H,4-16,20-23,26-30H2,1-3H3. The Balaban J connectivity index is 2.48. The quantitative estimate of drug-likeness (QED) is 0.0658. The summed E-state index contributed by atoms with van der Waals surface area (Å²) in [6, 6.07) is 10.2. The first-order chi connectivity index (χ1) is 19.1. The second-order valence-electron chi connectivity index (χ2n) is 10.9. The molecule has 5 nitrogen and oxygen atoms in total. The van der Waals surface area contributed by atoms with E-state index in [2.05, 4.69) is 26.0 Å². The van der Waals surface area contributed by atoms with Crippen molar-refractivity contribution in [3.63, 3.8) is 0 Å². The predicted octanol–water partition coefficient (Wildman–Crippen LogP) is 9.36. The molecule has 1 rings (SSSR count). The van der Waals surface area contributed by atoms with Crippen molar-refractivity contribution in [3.8, 4) is 0 Å². The Morgan fingerprint density at radius 3 is 1.56 bits per heavy atom. The number of ether oxygens (including phenoxy) is 3. The van der Waals surface area contributed by atoms with Crippen molar-refractivity contribution in [2.45, 2.75) is 143 Å². The first kappa shape index (κ1) is 35.1. The van der Waals surface area contributed by atoms with Crippen LogP contribution >= 0.6 is 0 Å². The number of hydrogen-bond acceptors (Lipinski definition) is 5. The lowest BCUT2D eigenvalue weighted by Gasteiger charge is -2.28. The Bertz CT molecular complexity index is 688. The summed E-state index contributed by atoms with van der Waals surface area (Å²) < 4.78 is 17.2. The van der Waals surface area contributed by atoms with Crippen LogP contribution in [0.2, 0.25) is 0 Å². The van der Waals surface area contributed by atoms with Gasteiger partial charge in [0.15, 0.2) is 5.41 Å². The molecule has 0 aliphatic carbocycles. The number of esters is 2. The summed E-state index contributed by atoms with van der Waals surface area (Å²) in [6.07, 6.45) is 18.2. The molecule has 0 fully saturated rings. The van der Waals surface area contributed by atoms with Crippen molar-refractivity contribution >= 4 is 11.9 Å². The number of benzene rings is 1. The van der Waals surface area contributed by atoms with Crippen molar-refractivity contribution in [3.05, 3.63) is 35.9 Å². The van der Waals surface area contributed by atoms with Crippen LogP contribution in [0.4, 0.5) is 0 Å². The third-order valence-corrected chi connectivity index (χ3v) is 7.60. The molecule has 0 saturated heterocycles. The topological polar surface area (TPSA) is 61.8 Å². The number of rotatable bonds is 26. The maximum absolute atomic E-state index is 13.3. The second kappa shape index (κ2) is 24.0. The molecule has 0 spiro atoms. The average Bonchev–Trinajstić information content (AvgIpc) is 2.96. The van der Waals surface area contributed by atoms with Crippen LogP contribution in [0.3, 0.4) is 0 Å². The highest BCUT2D eigenvalue weighted by atomic mass is 16.6. The van der Waals surface area contributed by atoms with Crippen molar-refractivity contribution in [1.29, 1.82) is 0 Å². The average molecular weight is 547 g/mol. The molecule has 39 heavy (non-hydrogen) atoms. The van der Waals surface area contributed by atoms with E-state index in [1.54, 1.807) is 0 Å². The van der Waals surface area contributed by atoms with E-state index in [0.717, 1.165) is 51.4 Å². The normalized spacial score (nSPS) is 11.5. The van der Waals surface area contributed by atoms with Crippen molar-refractivity contribution in [2.24, 2.45) is 5.41 Å². The molecule has 0 aliphatic rings. The Labute approximate surface area is 239 Å². The molecule has 1 aromatic carbocycles. The first-order valence-corrected chi connectivity index (χ1v) is 16.1. The van der Waals surface area contributed by atoms with Gasteiger partial charge in [0, 0.05) is 6.61 Å². The highest BCUT2D eigenvalue weighted by Gasteiger charge is 2.46. The van der Waals surface area contributed by atoms with Gasteiger partial charge in [-0.15, -0.1) is 0 Å². The molecule has 0 amide bonds. The third-order valence-electron chi connectivity index (χ3n) is 7.60. The zero-order chi connectivity index (χ0) is 28.4. The fourth-order valence-corrected chi connectivity index (χ4v) is 4.87. The predicted molar refractivity (Wildman–Crippen MR) is 161 cm³/mol. The van der Waals surface area contributed by atoms with Crippen LogP contribution in [-0.4, -0.2) is 31.8 Å². The Morgan fingerprint density at radius 2 is 1.05 bits per heavy atom. The number of hydrogen-bond donors (Lipinski definition) is 0. The summed E-state index contributed by atoms with van der Waals surface area (Å²) in [4.78, 5) is 26.6. The van der Waals surface area contributed by atoms with Crippen molar-refractivity contribution < 1.29 is 23.8 Å². The van der Waals surface area contributed by atoms with Gasteiger partial charge in [-0.3, -0.25) is 9.59 Å². The van der Waals surface area contributed by atoms with Gasteiger partial charge in [0.2, 0.25) is 0 Å². The summed E-state index contributed by atoms with van der Waals surface area (Å²) in [6.45, 7) is 8.44. The van der Waals surface area contributed by atoms with Gasteiger partial charge in [-0.25, -0.2) is 0 Å². The molecule has 0 bridgehead atoms. The van der Waals surface area contributed by atoms with Gasteiger partial charge >= 0.3 is 11.9 Å². The van der Waals surface area contributed by atoms with Gasteiger partial charge in [-0.05, 0) is 37.7 Å². The van der Waals surface area contributed by atoms with E-state index in [9.17, 15) is 9.59 Å². The molecule has 0 unspecified atom stereocenters. The van der Waals surface area contributed by atoms with E-state index < -0.39 is 17.4 Å². The van der Waals surface area contributed by atoms with Crippen LogP contribution in [0.5, 0.6) is 0 Å². The molecular formula is C34H58O5. The SMILES string of the molecule is CCCCCCCCOC(=O)C(CC)(CCCCCCOCc1ccccc1)C(=O)OCCCCCCCC. The molecule has 0 atom stereocenters. The van der Waals surface area contributed by atoms with Crippen LogP contribution in [-0.2, 0) is 30.4 Å². The summed E-state index contributed by atoms with van der Waals surface area (Å²) in [7, 11) is 0. The van der Waals surface area contributed by atoms with Crippen LogP contribution in [0.1, 0.15) is 142 Å². The minimum atomic E-state index is -1.19. The maximum atomic E-state index is 13.3. The Hall–Kier alpha value is -1.88. The van der Waals surface area contributed by atoms with Gasteiger partial charge in [0.1, 0.15) is 0 Å². The zero-order valence-corrected chi connectivity index (χ0v) is 25.5. The molecule has 1 aromatic rings. The lowest BCUT2D eigenvalue weighted by Crippen LogP contribution is -2.42. The molecule has 0 aromatic heterocycles.